The summed E-state index contributed by atoms with van der Waals surface area (Å²) < 4.78 is 15.8. The van der Waals surface area contributed by atoms with Gasteiger partial charge >= 0.3 is 0 Å². The third-order valence-corrected chi connectivity index (χ3v) is 12.3. The fraction of sp³-hybridized carbons (Fsp3) is 0. The minimum absolute atomic E-state index is 0.521. The van der Waals surface area contributed by atoms with E-state index in [0.29, 0.717) is 17.5 Å². The average molecular weight is 807 g/mol. The van der Waals surface area contributed by atoms with E-state index < -0.39 is 0 Å². The van der Waals surface area contributed by atoms with Gasteiger partial charge < -0.3 is 13.4 Å². The van der Waals surface area contributed by atoms with Crippen LogP contribution < -0.4 is 0 Å². The predicted molar refractivity (Wildman–Crippen MR) is 256 cm³/mol. The van der Waals surface area contributed by atoms with Crippen LogP contribution >= 0.6 is 0 Å². The predicted octanol–water partition coefficient (Wildman–Crippen LogP) is 15.1. The summed E-state index contributed by atoms with van der Waals surface area (Å²) in [4.78, 5) is 15.9. The fourth-order valence-electron chi connectivity index (χ4n) is 9.39. The zero-order valence-corrected chi connectivity index (χ0v) is 33.7. The molecule has 13 rings (SSSR count). The molecule has 0 radical (unpaired) electrons. The number of benzene rings is 9. The molecular formula is C57H34N4O2. The molecule has 0 bridgehead atoms. The number of para-hydroxylation sites is 5. The van der Waals surface area contributed by atoms with Crippen molar-refractivity contribution in [3.8, 4) is 62.1 Å². The van der Waals surface area contributed by atoms with Gasteiger partial charge in [0.2, 0.25) is 0 Å². The Kier molecular flexibility index (Phi) is 7.80. The first-order chi connectivity index (χ1) is 31.2. The summed E-state index contributed by atoms with van der Waals surface area (Å²) in [5.74, 6) is 1.62. The van der Waals surface area contributed by atoms with Crippen LogP contribution in [0.5, 0.6) is 0 Å². The van der Waals surface area contributed by atoms with E-state index in [1.807, 2.05) is 54.6 Å². The second-order valence-corrected chi connectivity index (χ2v) is 15.9. The minimum atomic E-state index is 0.521. The Morgan fingerprint density at radius 3 is 1.52 bits per heavy atom. The number of rotatable bonds is 6. The Hall–Kier alpha value is -8.61. The highest BCUT2D eigenvalue weighted by atomic mass is 16.3. The van der Waals surface area contributed by atoms with Crippen molar-refractivity contribution < 1.29 is 8.83 Å². The molecule has 0 atom stereocenters. The molecule has 9 aromatic carbocycles. The summed E-state index contributed by atoms with van der Waals surface area (Å²) in [6.45, 7) is 0. The molecule has 0 spiro atoms. The van der Waals surface area contributed by atoms with Gasteiger partial charge in [0.05, 0.1) is 16.6 Å². The van der Waals surface area contributed by atoms with Gasteiger partial charge in [-0.2, -0.15) is 0 Å². The number of hydrogen-bond donors (Lipinski definition) is 0. The molecule has 0 N–H and O–H groups in total. The van der Waals surface area contributed by atoms with Gasteiger partial charge in [0, 0.05) is 54.7 Å². The van der Waals surface area contributed by atoms with Gasteiger partial charge in [-0.15, -0.1) is 0 Å². The average Bonchev–Trinajstić information content (AvgIpc) is 4.04. The highest BCUT2D eigenvalue weighted by Crippen LogP contribution is 2.44. The molecule has 4 heterocycles. The van der Waals surface area contributed by atoms with Crippen molar-refractivity contribution in [3.63, 3.8) is 0 Å². The lowest BCUT2D eigenvalue weighted by atomic mass is 9.96. The van der Waals surface area contributed by atoms with E-state index in [-0.39, 0.29) is 0 Å². The molecule has 4 aromatic heterocycles. The molecule has 0 saturated heterocycles. The summed E-state index contributed by atoms with van der Waals surface area (Å²) in [6.07, 6.45) is 0. The maximum atomic E-state index is 6.82. The quantitative estimate of drug-likeness (QED) is 0.167. The summed E-state index contributed by atoms with van der Waals surface area (Å²) in [5.41, 5.74) is 13.0. The zero-order chi connectivity index (χ0) is 41.4. The molecule has 0 aliphatic heterocycles. The van der Waals surface area contributed by atoms with Gasteiger partial charge in [-0.05, 0) is 65.2 Å². The van der Waals surface area contributed by atoms with Gasteiger partial charge in [-0.3, -0.25) is 0 Å². The lowest BCUT2D eigenvalue weighted by Crippen LogP contribution is -2.02. The number of furan rings is 2. The maximum Gasteiger partial charge on any atom is 0.167 e. The van der Waals surface area contributed by atoms with Crippen molar-refractivity contribution in [1.29, 1.82) is 0 Å². The van der Waals surface area contributed by atoms with Crippen LogP contribution in [0.15, 0.2) is 215 Å². The van der Waals surface area contributed by atoms with Crippen LogP contribution in [-0.4, -0.2) is 19.5 Å². The van der Waals surface area contributed by atoms with Gasteiger partial charge in [0.25, 0.3) is 0 Å². The minimum Gasteiger partial charge on any atom is -0.455 e. The number of fused-ring (bicyclic) bond motifs is 9. The van der Waals surface area contributed by atoms with Crippen LogP contribution in [-0.2, 0) is 0 Å². The number of aromatic nitrogens is 4. The van der Waals surface area contributed by atoms with Gasteiger partial charge in [0.15, 0.2) is 17.5 Å². The van der Waals surface area contributed by atoms with Gasteiger partial charge in [-0.1, -0.05) is 158 Å². The first kappa shape index (κ1) is 35.2. The Bertz CT molecular complexity index is 3880. The van der Waals surface area contributed by atoms with Crippen LogP contribution in [0.3, 0.4) is 0 Å². The van der Waals surface area contributed by atoms with Crippen molar-refractivity contribution in [1.82, 2.24) is 19.5 Å². The van der Waals surface area contributed by atoms with Crippen LogP contribution in [0.4, 0.5) is 0 Å². The van der Waals surface area contributed by atoms with Crippen molar-refractivity contribution in [3.05, 3.63) is 206 Å². The maximum absolute atomic E-state index is 6.82. The largest absolute Gasteiger partial charge is 0.455 e. The lowest BCUT2D eigenvalue weighted by molar-refractivity contribution is 0.669. The third-order valence-electron chi connectivity index (χ3n) is 12.3. The van der Waals surface area contributed by atoms with Crippen LogP contribution in [0.1, 0.15) is 0 Å². The topological polar surface area (TPSA) is 69.9 Å². The van der Waals surface area contributed by atoms with Crippen LogP contribution in [0.25, 0.3) is 128 Å². The first-order valence-electron chi connectivity index (χ1n) is 21.1. The molecular weight excluding hydrogens is 773 g/mol. The van der Waals surface area contributed by atoms with Crippen LogP contribution in [0, 0.1) is 0 Å². The van der Waals surface area contributed by atoms with Gasteiger partial charge in [-0.25, -0.2) is 15.0 Å². The molecule has 0 saturated carbocycles. The summed E-state index contributed by atoms with van der Waals surface area (Å²) >= 11 is 0. The van der Waals surface area contributed by atoms with E-state index in [1.165, 1.54) is 10.8 Å². The van der Waals surface area contributed by atoms with Crippen molar-refractivity contribution >= 4 is 65.7 Å². The first-order valence-corrected chi connectivity index (χ1v) is 21.1. The summed E-state index contributed by atoms with van der Waals surface area (Å²) in [7, 11) is 0. The standard InChI is InChI=1S/C57H34N4O2/c1-2-16-35(17-3-1)36-18-14-19-37(32-36)55-58-56(60-57(59-55)46-27-15-26-44-42-23-8-12-30-51(42)62-53(44)46)45-25-5-4-20-39(45)47-33-38(34-48-43-24-9-13-31-52(43)63-54(47)48)61-49-28-10-6-21-40(49)41-22-7-11-29-50(41)61/h1-34H. The Morgan fingerprint density at radius 2 is 0.794 bits per heavy atom. The molecule has 63 heavy (non-hydrogen) atoms. The normalized spacial score (nSPS) is 11.8. The highest BCUT2D eigenvalue weighted by molar-refractivity contribution is 6.14. The number of nitrogens with zero attached hydrogens (tertiary/aromatic N) is 4. The molecule has 0 aliphatic rings. The zero-order valence-electron chi connectivity index (χ0n) is 33.7. The molecule has 6 nitrogen and oxygen atoms in total. The molecule has 13 aromatic rings. The molecule has 0 unspecified atom stereocenters. The lowest BCUT2D eigenvalue weighted by Gasteiger charge is -2.15. The second-order valence-electron chi connectivity index (χ2n) is 15.9. The van der Waals surface area contributed by atoms with Crippen LogP contribution in [0.2, 0.25) is 0 Å². The smallest absolute Gasteiger partial charge is 0.167 e. The SMILES string of the molecule is c1ccc(-c2cccc(-c3nc(-c4ccccc4-c4cc(-n5c6ccccc6c6ccccc65)cc5c4oc4ccccc45)nc(-c4cccc5c4oc4ccccc45)n3)c2)cc1. The van der Waals surface area contributed by atoms with Crippen molar-refractivity contribution in [2.75, 3.05) is 0 Å². The molecule has 0 amide bonds. The third kappa shape index (κ3) is 5.62. The Morgan fingerprint density at radius 1 is 0.302 bits per heavy atom. The second kappa shape index (κ2) is 14.0. The van der Waals surface area contributed by atoms with E-state index >= 15 is 0 Å². The van der Waals surface area contributed by atoms with Gasteiger partial charge in [0.1, 0.15) is 22.3 Å². The van der Waals surface area contributed by atoms with E-state index in [4.69, 9.17) is 23.8 Å². The van der Waals surface area contributed by atoms with E-state index in [0.717, 1.165) is 99.5 Å². The molecule has 294 valence electrons. The van der Waals surface area contributed by atoms with Crippen molar-refractivity contribution in [2.45, 2.75) is 0 Å². The Labute approximate surface area is 361 Å². The molecule has 6 heteroatoms. The van der Waals surface area contributed by atoms with E-state index in [2.05, 4.69) is 156 Å². The Balaban J connectivity index is 1.08. The summed E-state index contributed by atoms with van der Waals surface area (Å²) in [5, 5.41) is 6.54. The highest BCUT2D eigenvalue weighted by Gasteiger charge is 2.23. The molecule has 0 fully saturated rings. The van der Waals surface area contributed by atoms with Crippen molar-refractivity contribution in [2.24, 2.45) is 0 Å². The summed E-state index contributed by atoms with van der Waals surface area (Å²) in [6, 6.07) is 71.5. The fourth-order valence-corrected chi connectivity index (χ4v) is 9.39. The number of hydrogen-bond acceptors (Lipinski definition) is 5. The molecule has 0 aliphatic carbocycles. The van der Waals surface area contributed by atoms with E-state index in [9.17, 15) is 0 Å². The van der Waals surface area contributed by atoms with E-state index in [1.54, 1.807) is 0 Å². The monoisotopic (exact) mass is 806 g/mol.